The lowest BCUT2D eigenvalue weighted by molar-refractivity contribution is -0.0615. The number of nitrogens with zero attached hydrogens (tertiary/aromatic N) is 1. The van der Waals surface area contributed by atoms with Crippen molar-refractivity contribution in [1.82, 2.24) is 15.5 Å². The number of carbonyl (C=O) groups excluding carboxylic acids is 1. The summed E-state index contributed by atoms with van der Waals surface area (Å²) < 4.78 is 5.67. The first-order valence-corrected chi connectivity index (χ1v) is 8.07. The molecule has 1 amide bonds. The van der Waals surface area contributed by atoms with Crippen molar-refractivity contribution in [1.29, 1.82) is 0 Å². The maximum Gasteiger partial charge on any atom is 0.269 e. The van der Waals surface area contributed by atoms with Crippen molar-refractivity contribution in [2.75, 3.05) is 6.61 Å². The molecule has 122 valence electrons. The Morgan fingerprint density at radius 3 is 2.83 bits per heavy atom. The Kier molecular flexibility index (Phi) is 4.41. The third-order valence-corrected chi connectivity index (χ3v) is 4.25. The van der Waals surface area contributed by atoms with Crippen molar-refractivity contribution in [2.24, 2.45) is 0 Å². The van der Waals surface area contributed by atoms with Crippen LogP contribution in [-0.2, 0) is 4.74 Å². The molecule has 1 atom stereocenters. The second kappa shape index (κ2) is 6.34. The molecule has 1 aliphatic rings. The molecule has 1 fully saturated rings. The molecule has 6 heteroatoms. The van der Waals surface area contributed by atoms with Crippen LogP contribution in [0.25, 0.3) is 11.3 Å². The highest BCUT2D eigenvalue weighted by atomic mass is 35.5. The summed E-state index contributed by atoms with van der Waals surface area (Å²) >= 11 is 5.88. The van der Waals surface area contributed by atoms with Crippen LogP contribution in [0.3, 0.4) is 0 Å². The third-order valence-electron chi connectivity index (χ3n) is 3.99. The molecule has 1 aromatic heterocycles. The highest BCUT2D eigenvalue weighted by molar-refractivity contribution is 6.30. The zero-order chi connectivity index (χ0) is 16.4. The quantitative estimate of drug-likeness (QED) is 0.904. The first-order chi connectivity index (χ1) is 10.9. The molecular formula is C17H20ClN3O2. The lowest BCUT2D eigenvalue weighted by Crippen LogP contribution is -2.45. The van der Waals surface area contributed by atoms with Gasteiger partial charge in [0.2, 0.25) is 0 Å². The maximum atomic E-state index is 12.4. The van der Waals surface area contributed by atoms with Gasteiger partial charge in [0.25, 0.3) is 5.91 Å². The summed E-state index contributed by atoms with van der Waals surface area (Å²) in [7, 11) is 0. The van der Waals surface area contributed by atoms with Crippen molar-refractivity contribution in [2.45, 2.75) is 38.3 Å². The van der Waals surface area contributed by atoms with Crippen molar-refractivity contribution in [3.05, 3.63) is 41.0 Å². The molecule has 2 heterocycles. The fourth-order valence-corrected chi connectivity index (χ4v) is 2.95. The number of nitrogens with one attached hydrogen (secondary N) is 2. The van der Waals surface area contributed by atoms with Crippen LogP contribution in [0, 0.1) is 0 Å². The van der Waals surface area contributed by atoms with Crippen LogP contribution in [0.5, 0.6) is 0 Å². The normalized spacial score (nSPS) is 20.2. The Balaban J connectivity index is 1.68. The van der Waals surface area contributed by atoms with Gasteiger partial charge in [0.15, 0.2) is 0 Å². The molecule has 3 rings (SSSR count). The van der Waals surface area contributed by atoms with Gasteiger partial charge in [0.1, 0.15) is 5.69 Å². The zero-order valence-electron chi connectivity index (χ0n) is 13.2. The van der Waals surface area contributed by atoms with Crippen LogP contribution >= 0.6 is 11.6 Å². The maximum absolute atomic E-state index is 12.4. The van der Waals surface area contributed by atoms with E-state index in [1.165, 1.54) is 0 Å². The van der Waals surface area contributed by atoms with E-state index in [2.05, 4.69) is 15.5 Å². The van der Waals surface area contributed by atoms with E-state index < -0.39 is 0 Å². The fourth-order valence-electron chi connectivity index (χ4n) is 2.82. The molecule has 2 N–H and O–H groups in total. The van der Waals surface area contributed by atoms with Crippen LogP contribution in [-0.4, -0.2) is 34.4 Å². The van der Waals surface area contributed by atoms with Gasteiger partial charge in [-0.25, -0.2) is 0 Å². The van der Waals surface area contributed by atoms with E-state index in [9.17, 15) is 4.79 Å². The number of hydrogen-bond acceptors (Lipinski definition) is 3. The molecule has 5 nitrogen and oxygen atoms in total. The average molecular weight is 334 g/mol. The van der Waals surface area contributed by atoms with Crippen LogP contribution in [0.4, 0.5) is 0 Å². The number of ether oxygens (including phenoxy) is 1. The number of rotatable bonds is 3. The zero-order valence-corrected chi connectivity index (χ0v) is 14.0. The predicted molar refractivity (Wildman–Crippen MR) is 89.6 cm³/mol. The van der Waals surface area contributed by atoms with Gasteiger partial charge < -0.3 is 10.1 Å². The van der Waals surface area contributed by atoms with Crippen LogP contribution in [0.1, 0.15) is 37.2 Å². The second-order valence-corrected chi connectivity index (χ2v) is 6.88. The van der Waals surface area contributed by atoms with E-state index in [1.807, 2.05) is 26.0 Å². The van der Waals surface area contributed by atoms with E-state index in [0.717, 1.165) is 24.1 Å². The van der Waals surface area contributed by atoms with Gasteiger partial charge in [-0.3, -0.25) is 9.89 Å². The van der Waals surface area contributed by atoms with E-state index >= 15 is 0 Å². The number of amides is 1. The minimum Gasteiger partial charge on any atom is -0.375 e. The Bertz CT molecular complexity index is 694. The monoisotopic (exact) mass is 333 g/mol. The summed E-state index contributed by atoms with van der Waals surface area (Å²) in [5.41, 5.74) is 1.90. The smallest absolute Gasteiger partial charge is 0.269 e. The Morgan fingerprint density at radius 1 is 1.39 bits per heavy atom. The molecule has 2 aromatic rings. The molecule has 0 unspecified atom stereocenters. The van der Waals surface area contributed by atoms with Gasteiger partial charge in [-0.2, -0.15) is 5.10 Å². The minimum atomic E-state index is -0.196. The van der Waals surface area contributed by atoms with E-state index in [1.54, 1.807) is 18.2 Å². The molecule has 1 aliphatic heterocycles. The van der Waals surface area contributed by atoms with Gasteiger partial charge in [-0.1, -0.05) is 23.7 Å². The fraction of sp³-hybridized carbons (Fsp3) is 0.412. The van der Waals surface area contributed by atoms with Crippen molar-refractivity contribution >= 4 is 17.5 Å². The molecule has 1 saturated heterocycles. The molecular weight excluding hydrogens is 314 g/mol. The summed E-state index contributed by atoms with van der Waals surface area (Å²) in [4.78, 5) is 12.4. The molecule has 0 saturated carbocycles. The Hall–Kier alpha value is -1.85. The topological polar surface area (TPSA) is 67.0 Å². The Labute approximate surface area is 140 Å². The summed E-state index contributed by atoms with van der Waals surface area (Å²) in [6.45, 7) is 4.75. The number of hydrogen-bond donors (Lipinski definition) is 2. The number of H-pyrrole nitrogens is 1. The highest BCUT2D eigenvalue weighted by Crippen LogP contribution is 2.24. The number of aromatic amines is 1. The van der Waals surface area contributed by atoms with E-state index in [4.69, 9.17) is 16.3 Å². The van der Waals surface area contributed by atoms with Gasteiger partial charge in [0, 0.05) is 23.2 Å². The molecule has 23 heavy (non-hydrogen) atoms. The number of halogens is 1. The summed E-state index contributed by atoms with van der Waals surface area (Å²) in [6.07, 6.45) is 1.63. The predicted octanol–water partition coefficient (Wildman–Crippen LogP) is 3.42. The highest BCUT2D eigenvalue weighted by Gasteiger charge is 2.30. The van der Waals surface area contributed by atoms with Gasteiger partial charge >= 0.3 is 0 Å². The van der Waals surface area contributed by atoms with E-state index in [0.29, 0.717) is 17.3 Å². The average Bonchev–Trinajstić information content (AvgIpc) is 2.97. The number of benzene rings is 1. The lowest BCUT2D eigenvalue weighted by atomic mass is 9.94. The first-order valence-electron chi connectivity index (χ1n) is 7.69. The summed E-state index contributed by atoms with van der Waals surface area (Å²) in [5.74, 6) is -0.139. The van der Waals surface area contributed by atoms with Gasteiger partial charge in [-0.15, -0.1) is 0 Å². The Morgan fingerprint density at radius 2 is 2.13 bits per heavy atom. The molecule has 1 aromatic carbocycles. The summed E-state index contributed by atoms with van der Waals surface area (Å²) in [5, 5.41) is 10.7. The first kappa shape index (κ1) is 16.0. The van der Waals surface area contributed by atoms with Crippen LogP contribution in [0.15, 0.2) is 30.3 Å². The molecule has 0 radical (unpaired) electrons. The van der Waals surface area contributed by atoms with Gasteiger partial charge in [0.05, 0.1) is 11.3 Å². The lowest BCUT2D eigenvalue weighted by Gasteiger charge is -2.35. The van der Waals surface area contributed by atoms with Crippen molar-refractivity contribution in [3.8, 4) is 11.3 Å². The van der Waals surface area contributed by atoms with E-state index in [-0.39, 0.29) is 17.6 Å². The van der Waals surface area contributed by atoms with Gasteiger partial charge in [-0.05, 0) is 44.9 Å². The number of aromatic nitrogens is 2. The SMILES string of the molecule is CC1(C)C[C@@H](NC(=O)c2cc(-c3ccc(Cl)cc3)n[nH]2)CCO1. The third kappa shape index (κ3) is 3.92. The van der Waals surface area contributed by atoms with Crippen molar-refractivity contribution in [3.63, 3.8) is 0 Å². The minimum absolute atomic E-state index is 0.119. The molecule has 0 bridgehead atoms. The second-order valence-electron chi connectivity index (χ2n) is 6.45. The largest absolute Gasteiger partial charge is 0.375 e. The summed E-state index contributed by atoms with van der Waals surface area (Å²) in [6, 6.07) is 9.23. The molecule has 0 aliphatic carbocycles. The standard InChI is InChI=1S/C17H20ClN3O2/c1-17(2)10-13(7-8-23-17)19-16(22)15-9-14(20-21-15)11-3-5-12(18)6-4-11/h3-6,9,13H,7-8,10H2,1-2H3,(H,19,22)(H,20,21)/t13-/m0/s1. The van der Waals surface area contributed by atoms with Crippen LogP contribution in [0.2, 0.25) is 5.02 Å². The van der Waals surface area contributed by atoms with Crippen molar-refractivity contribution < 1.29 is 9.53 Å². The number of carbonyl (C=O) groups is 1. The van der Waals surface area contributed by atoms with Crippen LogP contribution < -0.4 is 5.32 Å². The molecule has 0 spiro atoms.